The quantitative estimate of drug-likeness (QED) is 0.811. The number of hydrogen-bond donors (Lipinski definition) is 1. The summed E-state index contributed by atoms with van der Waals surface area (Å²) in [5.74, 6) is -1.12. The fourth-order valence-electron chi connectivity index (χ4n) is 3.05. The third-order valence-electron chi connectivity index (χ3n) is 4.30. The van der Waals surface area contributed by atoms with Crippen LogP contribution in [0.3, 0.4) is 0 Å². The van der Waals surface area contributed by atoms with Gasteiger partial charge in [0, 0.05) is 24.3 Å². The minimum Gasteiger partial charge on any atom is -0.373 e. The van der Waals surface area contributed by atoms with E-state index >= 15 is 0 Å². The van der Waals surface area contributed by atoms with Crippen LogP contribution in [0.1, 0.15) is 24.2 Å². The zero-order chi connectivity index (χ0) is 20.5. The molecule has 1 N–H and O–H groups in total. The fraction of sp³-hybridized carbons (Fsp3) is 0.316. The number of anilines is 1. The Labute approximate surface area is 168 Å². The van der Waals surface area contributed by atoms with Crippen molar-refractivity contribution >= 4 is 33.2 Å². The van der Waals surface area contributed by atoms with Gasteiger partial charge in [0.15, 0.2) is 0 Å². The van der Waals surface area contributed by atoms with Gasteiger partial charge in [-0.15, -0.1) is 0 Å². The predicted octanol–water partition coefficient (Wildman–Crippen LogP) is 3.53. The van der Waals surface area contributed by atoms with Crippen molar-refractivity contribution in [2.75, 3.05) is 18.4 Å². The van der Waals surface area contributed by atoms with E-state index in [9.17, 15) is 17.6 Å². The van der Waals surface area contributed by atoms with E-state index in [0.29, 0.717) is 5.69 Å². The number of sulfonamides is 1. The van der Waals surface area contributed by atoms with Crippen LogP contribution >= 0.6 is 11.6 Å². The highest BCUT2D eigenvalue weighted by molar-refractivity contribution is 7.89. The fourth-order valence-corrected chi connectivity index (χ4v) is 4.87. The molecule has 150 valence electrons. The van der Waals surface area contributed by atoms with Gasteiger partial charge in [0.25, 0.3) is 5.91 Å². The third kappa shape index (κ3) is 4.52. The number of carbonyl (C=O) groups excluding carboxylic acids is 1. The lowest BCUT2D eigenvalue weighted by atomic mass is 10.2. The minimum atomic E-state index is -3.77. The highest BCUT2D eigenvalue weighted by Crippen LogP contribution is 2.23. The van der Waals surface area contributed by atoms with Crippen LogP contribution in [0.2, 0.25) is 5.02 Å². The third-order valence-corrected chi connectivity index (χ3v) is 6.41. The van der Waals surface area contributed by atoms with Crippen molar-refractivity contribution in [3.8, 4) is 0 Å². The number of nitrogens with one attached hydrogen (secondary N) is 1. The lowest BCUT2D eigenvalue weighted by Gasteiger charge is -2.34. The summed E-state index contributed by atoms with van der Waals surface area (Å²) >= 11 is 5.72. The van der Waals surface area contributed by atoms with Crippen LogP contribution in [0.15, 0.2) is 47.4 Å². The van der Waals surface area contributed by atoms with Crippen LogP contribution in [0.5, 0.6) is 0 Å². The summed E-state index contributed by atoms with van der Waals surface area (Å²) in [6, 6.07) is 9.57. The molecule has 9 heteroatoms. The molecule has 1 aliphatic heterocycles. The second kappa shape index (κ2) is 8.16. The molecule has 2 atom stereocenters. The van der Waals surface area contributed by atoms with Gasteiger partial charge in [0.2, 0.25) is 10.0 Å². The van der Waals surface area contributed by atoms with Crippen molar-refractivity contribution in [3.63, 3.8) is 0 Å². The first-order chi connectivity index (χ1) is 13.2. The van der Waals surface area contributed by atoms with Gasteiger partial charge in [-0.05, 0) is 50.2 Å². The molecular formula is C19H20ClFN2O4S. The maximum atomic E-state index is 13.3. The van der Waals surface area contributed by atoms with Gasteiger partial charge >= 0.3 is 0 Å². The summed E-state index contributed by atoms with van der Waals surface area (Å²) in [6.45, 7) is 4.13. The molecule has 1 fully saturated rings. The maximum Gasteiger partial charge on any atom is 0.255 e. The molecule has 0 saturated carbocycles. The molecule has 0 radical (unpaired) electrons. The smallest absolute Gasteiger partial charge is 0.255 e. The molecule has 2 aromatic rings. The molecule has 0 aliphatic carbocycles. The van der Waals surface area contributed by atoms with Crippen molar-refractivity contribution in [3.05, 3.63) is 58.9 Å². The Morgan fingerprint density at radius 2 is 1.86 bits per heavy atom. The number of hydrogen-bond acceptors (Lipinski definition) is 4. The molecule has 1 aliphatic rings. The summed E-state index contributed by atoms with van der Waals surface area (Å²) < 4.78 is 46.1. The van der Waals surface area contributed by atoms with Crippen LogP contribution in [0, 0.1) is 5.82 Å². The number of carbonyl (C=O) groups is 1. The van der Waals surface area contributed by atoms with Crippen LogP contribution in [0.25, 0.3) is 0 Å². The van der Waals surface area contributed by atoms with Gasteiger partial charge in [-0.3, -0.25) is 4.79 Å². The van der Waals surface area contributed by atoms with E-state index in [2.05, 4.69) is 5.32 Å². The lowest BCUT2D eigenvalue weighted by molar-refractivity contribution is -0.0440. The van der Waals surface area contributed by atoms with E-state index < -0.39 is 21.7 Å². The number of benzene rings is 2. The first kappa shape index (κ1) is 20.7. The number of ether oxygens (including phenoxy) is 1. The van der Waals surface area contributed by atoms with Gasteiger partial charge in [-0.2, -0.15) is 4.31 Å². The second-order valence-corrected chi connectivity index (χ2v) is 9.04. The Morgan fingerprint density at radius 1 is 1.18 bits per heavy atom. The van der Waals surface area contributed by atoms with Crippen LogP contribution in [-0.4, -0.2) is 43.9 Å². The Hall–Kier alpha value is -2.00. The van der Waals surface area contributed by atoms with Crippen LogP contribution < -0.4 is 5.32 Å². The highest BCUT2D eigenvalue weighted by Gasteiger charge is 2.32. The summed E-state index contributed by atoms with van der Waals surface area (Å²) in [4.78, 5) is 12.5. The van der Waals surface area contributed by atoms with Crippen LogP contribution in [0.4, 0.5) is 10.1 Å². The first-order valence-electron chi connectivity index (χ1n) is 8.69. The van der Waals surface area contributed by atoms with Crippen molar-refractivity contribution in [2.45, 2.75) is 31.0 Å². The molecule has 28 heavy (non-hydrogen) atoms. The molecule has 3 rings (SSSR count). The maximum absolute atomic E-state index is 13.3. The topological polar surface area (TPSA) is 75.7 Å². The van der Waals surface area contributed by atoms with Gasteiger partial charge in [0.1, 0.15) is 5.82 Å². The van der Waals surface area contributed by atoms with Crippen molar-refractivity contribution in [1.29, 1.82) is 0 Å². The van der Waals surface area contributed by atoms with Crippen molar-refractivity contribution in [2.24, 2.45) is 0 Å². The van der Waals surface area contributed by atoms with Crippen LogP contribution in [-0.2, 0) is 14.8 Å². The van der Waals surface area contributed by atoms with E-state index in [1.54, 1.807) is 0 Å². The second-order valence-electron chi connectivity index (χ2n) is 6.69. The Bertz CT molecular complexity index is 989. The van der Waals surface area contributed by atoms with Gasteiger partial charge in [-0.1, -0.05) is 17.7 Å². The van der Waals surface area contributed by atoms with Crippen molar-refractivity contribution < 1.29 is 22.3 Å². The zero-order valence-corrected chi connectivity index (χ0v) is 16.9. The largest absolute Gasteiger partial charge is 0.373 e. The van der Waals surface area contributed by atoms with E-state index in [0.717, 1.165) is 6.07 Å². The van der Waals surface area contributed by atoms with E-state index in [1.807, 2.05) is 13.8 Å². The Morgan fingerprint density at radius 3 is 2.50 bits per heavy atom. The molecule has 0 spiro atoms. The average molecular weight is 427 g/mol. The summed E-state index contributed by atoms with van der Waals surface area (Å²) in [7, 11) is -3.77. The Kier molecular flexibility index (Phi) is 6.04. The standard InChI is InChI=1S/C19H20ClFN2O4S/c1-12-10-23(11-13(2)27-12)28(25,26)16-5-3-4-14(8-16)19(24)22-15-6-7-18(21)17(20)9-15/h3-9,12-13H,10-11H2,1-2H3,(H,22,24). The molecule has 1 heterocycles. The Balaban J connectivity index is 1.83. The van der Waals surface area contributed by atoms with E-state index in [4.69, 9.17) is 16.3 Å². The van der Waals surface area contributed by atoms with Crippen molar-refractivity contribution in [1.82, 2.24) is 4.31 Å². The number of morpholine rings is 1. The number of rotatable bonds is 4. The highest BCUT2D eigenvalue weighted by atomic mass is 35.5. The SMILES string of the molecule is CC1CN(S(=O)(=O)c2cccc(C(=O)Nc3ccc(F)c(Cl)c3)c2)CC(C)O1. The van der Waals surface area contributed by atoms with Gasteiger partial charge in [-0.25, -0.2) is 12.8 Å². The summed E-state index contributed by atoms with van der Waals surface area (Å²) in [5.41, 5.74) is 0.469. The molecule has 0 bridgehead atoms. The predicted molar refractivity (Wildman–Crippen MR) is 105 cm³/mol. The molecule has 2 aromatic carbocycles. The summed E-state index contributed by atoms with van der Waals surface area (Å²) in [5, 5.41) is 2.46. The minimum absolute atomic E-state index is 0.0265. The number of nitrogens with zero attached hydrogens (tertiary/aromatic N) is 1. The molecule has 0 aromatic heterocycles. The number of amides is 1. The first-order valence-corrected chi connectivity index (χ1v) is 10.5. The average Bonchev–Trinajstić information content (AvgIpc) is 2.64. The van der Waals surface area contributed by atoms with Gasteiger partial charge < -0.3 is 10.1 Å². The van der Waals surface area contributed by atoms with Gasteiger partial charge in [0.05, 0.1) is 22.1 Å². The molecular weight excluding hydrogens is 407 g/mol. The molecule has 6 nitrogen and oxygen atoms in total. The molecule has 2 unspecified atom stereocenters. The summed E-state index contributed by atoms with van der Waals surface area (Å²) in [6.07, 6.45) is -0.429. The normalized spacial score (nSPS) is 20.7. The molecule has 1 amide bonds. The molecule has 1 saturated heterocycles. The van der Waals surface area contributed by atoms with E-state index in [-0.39, 0.29) is 40.8 Å². The zero-order valence-electron chi connectivity index (χ0n) is 15.4. The monoisotopic (exact) mass is 426 g/mol. The van der Waals surface area contributed by atoms with E-state index in [1.165, 1.54) is 40.7 Å². The lowest BCUT2D eigenvalue weighted by Crippen LogP contribution is -2.48. The number of halogens is 2.